The maximum absolute atomic E-state index is 11.3. The smallest absolute Gasteiger partial charge is 0.280 e. The molecule has 1 aromatic rings. The summed E-state index contributed by atoms with van der Waals surface area (Å²) in [4.78, 5) is 15.6. The molecule has 1 aliphatic carbocycles. The zero-order chi connectivity index (χ0) is 9.26. The molecule has 0 aromatic carbocycles. The van der Waals surface area contributed by atoms with Crippen molar-refractivity contribution in [2.75, 3.05) is 6.54 Å². The average molecular weight is 196 g/mol. The molecule has 1 saturated carbocycles. The fourth-order valence-electron chi connectivity index (χ4n) is 1.19. The molecule has 1 aliphatic rings. The molecule has 0 atom stereocenters. The van der Waals surface area contributed by atoms with Crippen LogP contribution in [0.25, 0.3) is 0 Å². The highest BCUT2D eigenvalue weighted by molar-refractivity contribution is 7.11. The predicted molar refractivity (Wildman–Crippen MR) is 52.1 cm³/mol. The first-order valence-corrected chi connectivity index (χ1v) is 5.43. The molecule has 0 radical (unpaired) electrons. The molecule has 13 heavy (non-hydrogen) atoms. The summed E-state index contributed by atoms with van der Waals surface area (Å²) in [5.41, 5.74) is 1.10. The molecule has 0 bridgehead atoms. The van der Waals surface area contributed by atoms with Crippen molar-refractivity contribution in [1.29, 1.82) is 0 Å². The van der Waals surface area contributed by atoms with Crippen molar-refractivity contribution in [3.05, 3.63) is 16.1 Å². The van der Waals surface area contributed by atoms with Gasteiger partial charge in [-0.15, -0.1) is 11.3 Å². The summed E-state index contributed by atoms with van der Waals surface area (Å²) >= 11 is 1.44. The lowest BCUT2D eigenvalue weighted by Crippen LogP contribution is -2.22. The van der Waals surface area contributed by atoms with Crippen LogP contribution in [0.2, 0.25) is 0 Å². The molecule has 1 amide bonds. The maximum atomic E-state index is 11.3. The second-order valence-corrected chi connectivity index (χ2v) is 4.07. The first kappa shape index (κ1) is 8.69. The molecule has 3 nitrogen and oxygen atoms in total. The van der Waals surface area contributed by atoms with E-state index in [1.165, 1.54) is 24.2 Å². The third kappa shape index (κ3) is 1.88. The summed E-state index contributed by atoms with van der Waals surface area (Å²) in [6.45, 7) is 2.57. The molecular weight excluding hydrogens is 184 g/mol. The van der Waals surface area contributed by atoms with Gasteiger partial charge in [0, 0.05) is 17.8 Å². The zero-order valence-electron chi connectivity index (χ0n) is 7.54. The molecule has 0 aliphatic heterocycles. The van der Waals surface area contributed by atoms with Crippen LogP contribution in [-0.2, 0) is 0 Å². The number of hydrogen-bond donors (Lipinski definition) is 1. The van der Waals surface area contributed by atoms with Crippen LogP contribution in [0, 0.1) is 0 Å². The largest absolute Gasteiger partial charge is 0.350 e. The molecule has 1 heterocycles. The second kappa shape index (κ2) is 3.46. The van der Waals surface area contributed by atoms with Gasteiger partial charge in [0.25, 0.3) is 5.91 Å². The Morgan fingerprint density at radius 1 is 1.77 bits per heavy atom. The Balaban J connectivity index is 2.07. The number of thiazole rings is 1. The van der Waals surface area contributed by atoms with Gasteiger partial charge >= 0.3 is 0 Å². The molecule has 1 aromatic heterocycles. The Morgan fingerprint density at radius 2 is 2.54 bits per heavy atom. The first-order valence-electron chi connectivity index (χ1n) is 4.55. The number of aromatic nitrogens is 1. The van der Waals surface area contributed by atoms with Crippen LogP contribution >= 0.6 is 11.3 Å². The van der Waals surface area contributed by atoms with Gasteiger partial charge in [0.05, 0.1) is 5.69 Å². The third-order valence-electron chi connectivity index (χ3n) is 2.05. The van der Waals surface area contributed by atoms with Gasteiger partial charge < -0.3 is 5.32 Å². The SMILES string of the molecule is CCNC(=O)c1nc(C2CC2)cs1. The van der Waals surface area contributed by atoms with Crippen molar-refractivity contribution < 1.29 is 4.79 Å². The van der Waals surface area contributed by atoms with Crippen LogP contribution in [0.15, 0.2) is 5.38 Å². The van der Waals surface area contributed by atoms with Crippen LogP contribution in [-0.4, -0.2) is 17.4 Å². The summed E-state index contributed by atoms with van der Waals surface area (Å²) in [6, 6.07) is 0. The number of nitrogens with one attached hydrogen (secondary N) is 1. The van der Waals surface area contributed by atoms with E-state index >= 15 is 0 Å². The summed E-state index contributed by atoms with van der Waals surface area (Å²) in [5, 5.41) is 5.35. The van der Waals surface area contributed by atoms with Crippen molar-refractivity contribution in [2.45, 2.75) is 25.7 Å². The lowest BCUT2D eigenvalue weighted by molar-refractivity contribution is 0.0955. The lowest BCUT2D eigenvalue weighted by Gasteiger charge is -1.95. The number of hydrogen-bond acceptors (Lipinski definition) is 3. The molecule has 0 unspecified atom stereocenters. The number of carbonyl (C=O) groups excluding carboxylic acids is 1. The number of amides is 1. The summed E-state index contributed by atoms with van der Waals surface area (Å²) in [7, 11) is 0. The molecule has 2 rings (SSSR count). The van der Waals surface area contributed by atoms with Crippen LogP contribution in [0.1, 0.15) is 41.2 Å². The van der Waals surface area contributed by atoms with Gasteiger partial charge in [0.1, 0.15) is 0 Å². The van der Waals surface area contributed by atoms with Crippen LogP contribution in [0.5, 0.6) is 0 Å². The van der Waals surface area contributed by atoms with Crippen LogP contribution in [0.4, 0.5) is 0 Å². The highest BCUT2D eigenvalue weighted by Gasteiger charge is 2.26. The Hall–Kier alpha value is -0.900. The zero-order valence-corrected chi connectivity index (χ0v) is 8.36. The van der Waals surface area contributed by atoms with Gasteiger partial charge in [0.15, 0.2) is 5.01 Å². The molecule has 1 fully saturated rings. The topological polar surface area (TPSA) is 42.0 Å². The Morgan fingerprint density at radius 3 is 3.15 bits per heavy atom. The van der Waals surface area contributed by atoms with Gasteiger partial charge in [-0.05, 0) is 19.8 Å². The van der Waals surface area contributed by atoms with E-state index in [0.29, 0.717) is 17.5 Å². The standard InChI is InChI=1S/C9H12N2OS/c1-2-10-8(12)9-11-7(5-13-9)6-3-4-6/h5-6H,2-4H2,1H3,(H,10,12). The van der Waals surface area contributed by atoms with Gasteiger partial charge in [-0.25, -0.2) is 4.98 Å². The van der Waals surface area contributed by atoms with Gasteiger partial charge in [0.2, 0.25) is 0 Å². The molecule has 1 N–H and O–H groups in total. The summed E-state index contributed by atoms with van der Waals surface area (Å²) < 4.78 is 0. The highest BCUT2D eigenvalue weighted by atomic mass is 32.1. The minimum Gasteiger partial charge on any atom is -0.350 e. The number of rotatable bonds is 3. The fourth-order valence-corrected chi connectivity index (χ4v) is 2.01. The average Bonchev–Trinajstić information content (AvgIpc) is 2.84. The van der Waals surface area contributed by atoms with Crippen molar-refractivity contribution in [2.24, 2.45) is 0 Å². The van der Waals surface area contributed by atoms with Crippen molar-refractivity contribution in [3.8, 4) is 0 Å². The van der Waals surface area contributed by atoms with Crippen molar-refractivity contribution in [3.63, 3.8) is 0 Å². The Kier molecular flexibility index (Phi) is 2.31. The van der Waals surface area contributed by atoms with Gasteiger partial charge in [-0.3, -0.25) is 4.79 Å². The van der Waals surface area contributed by atoms with E-state index in [1.54, 1.807) is 0 Å². The van der Waals surface area contributed by atoms with E-state index in [0.717, 1.165) is 5.69 Å². The summed E-state index contributed by atoms with van der Waals surface area (Å²) in [5.74, 6) is 0.596. The molecule has 0 spiro atoms. The molecule has 0 saturated heterocycles. The Bertz CT molecular complexity index is 317. The van der Waals surface area contributed by atoms with Gasteiger partial charge in [-0.2, -0.15) is 0 Å². The van der Waals surface area contributed by atoms with E-state index < -0.39 is 0 Å². The lowest BCUT2D eigenvalue weighted by atomic mass is 10.3. The van der Waals surface area contributed by atoms with E-state index in [-0.39, 0.29) is 5.91 Å². The monoisotopic (exact) mass is 196 g/mol. The molecular formula is C9H12N2OS. The summed E-state index contributed by atoms with van der Waals surface area (Å²) in [6.07, 6.45) is 2.47. The van der Waals surface area contributed by atoms with Gasteiger partial charge in [-0.1, -0.05) is 0 Å². The van der Waals surface area contributed by atoms with Crippen LogP contribution < -0.4 is 5.32 Å². The normalized spacial score (nSPS) is 15.8. The second-order valence-electron chi connectivity index (χ2n) is 3.21. The molecule has 70 valence electrons. The van der Waals surface area contributed by atoms with Crippen molar-refractivity contribution >= 4 is 17.2 Å². The Labute approximate surface area is 81.2 Å². The third-order valence-corrected chi connectivity index (χ3v) is 2.91. The molecule has 4 heteroatoms. The number of nitrogens with zero attached hydrogens (tertiary/aromatic N) is 1. The van der Waals surface area contributed by atoms with Crippen LogP contribution in [0.3, 0.4) is 0 Å². The van der Waals surface area contributed by atoms with E-state index in [4.69, 9.17) is 0 Å². The van der Waals surface area contributed by atoms with E-state index in [1.807, 2.05) is 12.3 Å². The fraction of sp³-hybridized carbons (Fsp3) is 0.556. The van der Waals surface area contributed by atoms with Crippen molar-refractivity contribution in [1.82, 2.24) is 10.3 Å². The predicted octanol–water partition coefficient (Wildman–Crippen LogP) is 1.77. The highest BCUT2D eigenvalue weighted by Crippen LogP contribution is 2.40. The minimum absolute atomic E-state index is 0.0422. The number of carbonyl (C=O) groups is 1. The quantitative estimate of drug-likeness (QED) is 0.800. The van der Waals surface area contributed by atoms with E-state index in [2.05, 4.69) is 10.3 Å². The first-order chi connectivity index (χ1) is 6.31. The minimum atomic E-state index is -0.0422. The maximum Gasteiger partial charge on any atom is 0.280 e. The van der Waals surface area contributed by atoms with E-state index in [9.17, 15) is 4.79 Å².